The summed E-state index contributed by atoms with van der Waals surface area (Å²) in [4.78, 5) is 18.3. The summed E-state index contributed by atoms with van der Waals surface area (Å²) in [6.45, 7) is 0.683. The maximum Gasteiger partial charge on any atom is 0.223 e. The average molecular weight is 179 g/mol. The number of nitrogens with one attached hydrogen (secondary N) is 2. The molecule has 1 aliphatic carbocycles. The molecule has 0 aromatic carbocycles. The first-order valence-corrected chi connectivity index (χ1v) is 4.62. The average Bonchev–Trinajstić information content (AvgIpc) is 2.86. The highest BCUT2D eigenvalue weighted by molar-refractivity contribution is 5.80. The van der Waals surface area contributed by atoms with Crippen molar-refractivity contribution >= 4 is 5.91 Å². The topological polar surface area (TPSA) is 57.8 Å². The summed E-state index contributed by atoms with van der Waals surface area (Å²) in [7, 11) is 0. The lowest BCUT2D eigenvalue weighted by Gasteiger charge is -2.01. The minimum absolute atomic E-state index is 0.201. The van der Waals surface area contributed by atoms with Crippen LogP contribution in [0.2, 0.25) is 0 Å². The van der Waals surface area contributed by atoms with Gasteiger partial charge in [0.2, 0.25) is 5.91 Å². The van der Waals surface area contributed by atoms with E-state index in [1.807, 2.05) is 0 Å². The Labute approximate surface area is 76.8 Å². The number of aromatic nitrogens is 2. The molecule has 1 saturated carbocycles. The minimum Gasteiger partial charge on any atom is -0.355 e. The summed E-state index contributed by atoms with van der Waals surface area (Å²) >= 11 is 0. The van der Waals surface area contributed by atoms with Crippen LogP contribution in [-0.2, 0) is 11.2 Å². The molecule has 0 aliphatic heterocycles. The number of hydrogen-bond donors (Lipinski definition) is 2. The standard InChI is InChI=1S/C9H13N3O/c13-9(7-1-2-7)12-4-3-8-10-5-6-11-8/h5-7H,1-4H2,(H,10,11)(H,12,13). The zero-order chi connectivity index (χ0) is 9.10. The molecule has 4 heteroatoms. The second-order valence-corrected chi connectivity index (χ2v) is 3.35. The number of rotatable bonds is 4. The van der Waals surface area contributed by atoms with Crippen molar-refractivity contribution in [1.29, 1.82) is 0 Å². The molecule has 2 N–H and O–H groups in total. The van der Waals surface area contributed by atoms with E-state index in [0.717, 1.165) is 25.1 Å². The van der Waals surface area contributed by atoms with Crippen LogP contribution in [0.15, 0.2) is 12.4 Å². The summed E-state index contributed by atoms with van der Waals surface area (Å²) in [5, 5.41) is 2.88. The Kier molecular flexibility index (Phi) is 2.29. The highest BCUT2D eigenvalue weighted by Crippen LogP contribution is 2.28. The zero-order valence-electron chi connectivity index (χ0n) is 7.42. The van der Waals surface area contributed by atoms with E-state index in [4.69, 9.17) is 0 Å². The van der Waals surface area contributed by atoms with Crippen molar-refractivity contribution in [2.45, 2.75) is 19.3 Å². The molecule has 0 radical (unpaired) electrons. The molecular formula is C9H13N3O. The van der Waals surface area contributed by atoms with Gasteiger partial charge in [0, 0.05) is 31.3 Å². The van der Waals surface area contributed by atoms with Gasteiger partial charge in [0.15, 0.2) is 0 Å². The Hall–Kier alpha value is -1.32. The van der Waals surface area contributed by atoms with Crippen LogP contribution in [0.5, 0.6) is 0 Å². The highest BCUT2D eigenvalue weighted by atomic mass is 16.2. The molecule has 13 heavy (non-hydrogen) atoms. The van der Waals surface area contributed by atoms with Crippen LogP contribution in [0.1, 0.15) is 18.7 Å². The smallest absolute Gasteiger partial charge is 0.223 e. The summed E-state index contributed by atoms with van der Waals surface area (Å²) in [6, 6.07) is 0. The minimum atomic E-state index is 0.201. The number of amides is 1. The number of carbonyl (C=O) groups excluding carboxylic acids is 1. The Balaban J connectivity index is 1.66. The molecule has 1 amide bonds. The second-order valence-electron chi connectivity index (χ2n) is 3.35. The summed E-state index contributed by atoms with van der Waals surface area (Å²) in [6.07, 6.45) is 6.42. The first kappa shape index (κ1) is 8.29. The fraction of sp³-hybridized carbons (Fsp3) is 0.556. The van der Waals surface area contributed by atoms with Crippen molar-refractivity contribution in [3.05, 3.63) is 18.2 Å². The lowest BCUT2D eigenvalue weighted by atomic mass is 10.3. The molecule has 1 heterocycles. The monoisotopic (exact) mass is 179 g/mol. The third kappa shape index (κ3) is 2.31. The lowest BCUT2D eigenvalue weighted by Crippen LogP contribution is -2.27. The lowest BCUT2D eigenvalue weighted by molar-refractivity contribution is -0.122. The largest absolute Gasteiger partial charge is 0.355 e. The fourth-order valence-corrected chi connectivity index (χ4v) is 1.23. The first-order chi connectivity index (χ1) is 6.36. The normalized spacial score (nSPS) is 15.7. The van der Waals surface area contributed by atoms with Gasteiger partial charge in [-0.25, -0.2) is 4.98 Å². The predicted octanol–water partition coefficient (Wildman–Crippen LogP) is 0.478. The maximum atomic E-state index is 11.2. The van der Waals surface area contributed by atoms with Gasteiger partial charge < -0.3 is 10.3 Å². The van der Waals surface area contributed by atoms with Crippen LogP contribution in [0.3, 0.4) is 0 Å². The molecule has 1 aliphatic rings. The van der Waals surface area contributed by atoms with Crippen molar-refractivity contribution in [1.82, 2.24) is 15.3 Å². The van der Waals surface area contributed by atoms with E-state index in [1.165, 1.54) is 0 Å². The van der Waals surface area contributed by atoms with Crippen LogP contribution in [0.25, 0.3) is 0 Å². The molecule has 0 unspecified atom stereocenters. The Bertz CT molecular complexity index is 277. The first-order valence-electron chi connectivity index (χ1n) is 4.62. The number of aromatic amines is 1. The molecule has 1 aromatic rings. The number of nitrogens with zero attached hydrogens (tertiary/aromatic N) is 1. The quantitative estimate of drug-likeness (QED) is 0.706. The van der Waals surface area contributed by atoms with E-state index in [0.29, 0.717) is 12.5 Å². The third-order valence-electron chi connectivity index (χ3n) is 2.16. The van der Waals surface area contributed by atoms with Crippen LogP contribution in [0, 0.1) is 5.92 Å². The van der Waals surface area contributed by atoms with E-state index in [1.54, 1.807) is 12.4 Å². The molecule has 70 valence electrons. The van der Waals surface area contributed by atoms with Crippen LogP contribution < -0.4 is 5.32 Å². The number of carbonyl (C=O) groups is 1. The molecule has 1 fully saturated rings. The Morgan fingerprint density at radius 3 is 3.15 bits per heavy atom. The molecule has 1 aromatic heterocycles. The molecule has 0 spiro atoms. The van der Waals surface area contributed by atoms with Gasteiger partial charge in [-0.3, -0.25) is 4.79 Å². The number of H-pyrrole nitrogens is 1. The van der Waals surface area contributed by atoms with Gasteiger partial charge in [-0.1, -0.05) is 0 Å². The molecule has 2 rings (SSSR count). The maximum absolute atomic E-state index is 11.2. The predicted molar refractivity (Wildman–Crippen MR) is 48.0 cm³/mol. The zero-order valence-corrected chi connectivity index (χ0v) is 7.42. The van der Waals surface area contributed by atoms with Gasteiger partial charge in [0.25, 0.3) is 0 Å². The summed E-state index contributed by atoms with van der Waals surface area (Å²) < 4.78 is 0. The van der Waals surface area contributed by atoms with Crippen LogP contribution >= 0.6 is 0 Å². The van der Waals surface area contributed by atoms with E-state index < -0.39 is 0 Å². The van der Waals surface area contributed by atoms with Crippen molar-refractivity contribution in [3.8, 4) is 0 Å². The van der Waals surface area contributed by atoms with E-state index in [2.05, 4.69) is 15.3 Å². The second kappa shape index (κ2) is 3.60. The van der Waals surface area contributed by atoms with Crippen molar-refractivity contribution < 1.29 is 4.79 Å². The number of hydrogen-bond acceptors (Lipinski definition) is 2. The fourth-order valence-electron chi connectivity index (χ4n) is 1.23. The molecular weight excluding hydrogens is 166 g/mol. The SMILES string of the molecule is O=C(NCCc1ncc[nH]1)C1CC1. The molecule has 4 nitrogen and oxygen atoms in total. The van der Waals surface area contributed by atoms with Gasteiger partial charge in [-0.2, -0.15) is 0 Å². The van der Waals surface area contributed by atoms with Crippen LogP contribution in [-0.4, -0.2) is 22.4 Å². The van der Waals surface area contributed by atoms with E-state index >= 15 is 0 Å². The molecule has 0 bridgehead atoms. The summed E-state index contributed by atoms with van der Waals surface area (Å²) in [5.74, 6) is 1.43. The van der Waals surface area contributed by atoms with Crippen molar-refractivity contribution in [2.75, 3.05) is 6.54 Å². The van der Waals surface area contributed by atoms with E-state index in [-0.39, 0.29) is 5.91 Å². The van der Waals surface area contributed by atoms with Crippen molar-refractivity contribution in [3.63, 3.8) is 0 Å². The van der Waals surface area contributed by atoms with Crippen LogP contribution in [0.4, 0.5) is 0 Å². The number of imidazole rings is 1. The molecule has 0 atom stereocenters. The molecule has 0 saturated heterocycles. The van der Waals surface area contributed by atoms with Gasteiger partial charge in [0.05, 0.1) is 0 Å². The van der Waals surface area contributed by atoms with Gasteiger partial charge in [-0.05, 0) is 12.8 Å². The Morgan fingerprint density at radius 2 is 2.54 bits per heavy atom. The van der Waals surface area contributed by atoms with Gasteiger partial charge >= 0.3 is 0 Å². The van der Waals surface area contributed by atoms with Crippen molar-refractivity contribution in [2.24, 2.45) is 5.92 Å². The van der Waals surface area contributed by atoms with Gasteiger partial charge in [-0.15, -0.1) is 0 Å². The third-order valence-corrected chi connectivity index (χ3v) is 2.16. The van der Waals surface area contributed by atoms with E-state index in [9.17, 15) is 4.79 Å². The highest BCUT2D eigenvalue weighted by Gasteiger charge is 2.28. The van der Waals surface area contributed by atoms with Gasteiger partial charge in [0.1, 0.15) is 5.82 Å². The Morgan fingerprint density at radius 1 is 1.69 bits per heavy atom. The summed E-state index contributed by atoms with van der Waals surface area (Å²) in [5.41, 5.74) is 0.